The minimum Gasteiger partial charge on any atom is -0.307 e. The average Bonchev–Trinajstić information content (AvgIpc) is 3.13. The fourth-order valence-electron chi connectivity index (χ4n) is 7.41. The van der Waals surface area contributed by atoms with E-state index in [0.717, 1.165) is 87.1 Å². The first-order valence-electron chi connectivity index (χ1n) is 16.5. The second-order valence-corrected chi connectivity index (χ2v) is 14.6. The lowest BCUT2D eigenvalue weighted by atomic mass is 9.85. The van der Waals surface area contributed by atoms with Crippen LogP contribution in [-0.2, 0) is 0 Å². The number of para-hydroxylation sites is 4. The molecule has 2 nitrogen and oxygen atoms in total. The van der Waals surface area contributed by atoms with Crippen molar-refractivity contribution < 1.29 is 8.78 Å². The van der Waals surface area contributed by atoms with E-state index in [4.69, 9.17) is 0 Å². The number of fused-ring (bicyclic) bond motifs is 4. The first kappa shape index (κ1) is 30.7. The molecule has 7 aromatic carbocycles. The van der Waals surface area contributed by atoms with Crippen molar-refractivity contribution in [3.8, 4) is 22.3 Å². The molecule has 242 valence electrons. The Morgan fingerprint density at radius 1 is 0.400 bits per heavy atom. The Hall–Kier alpha value is -5.30. The third-order valence-electron chi connectivity index (χ3n) is 9.47. The van der Waals surface area contributed by atoms with Gasteiger partial charge in [-0.3, -0.25) is 0 Å². The molecule has 0 atom stereocenters. The molecule has 2 heterocycles. The largest absolute Gasteiger partial charge is 0.307 e. The van der Waals surface area contributed by atoms with Crippen LogP contribution >= 0.6 is 23.5 Å². The van der Waals surface area contributed by atoms with Gasteiger partial charge in [0.2, 0.25) is 0 Å². The summed E-state index contributed by atoms with van der Waals surface area (Å²) in [7, 11) is 0. The molecule has 0 unspecified atom stereocenters. The van der Waals surface area contributed by atoms with Crippen molar-refractivity contribution in [3.05, 3.63) is 168 Å². The molecule has 7 aromatic rings. The molecule has 0 saturated heterocycles. The molecule has 0 aromatic heterocycles. The summed E-state index contributed by atoms with van der Waals surface area (Å²) in [5.74, 6) is -0.624. The van der Waals surface area contributed by atoms with Gasteiger partial charge in [-0.2, -0.15) is 0 Å². The molecular formula is C44H30F2N2S2. The quantitative estimate of drug-likeness (QED) is 0.181. The fourth-order valence-corrected chi connectivity index (χ4v) is 9.53. The zero-order valence-corrected chi connectivity index (χ0v) is 29.0. The number of hydrogen-bond acceptors (Lipinski definition) is 4. The summed E-state index contributed by atoms with van der Waals surface area (Å²) in [6.45, 7) is 4.26. The zero-order valence-electron chi connectivity index (χ0n) is 27.3. The lowest BCUT2D eigenvalue weighted by molar-refractivity contribution is 0.628. The van der Waals surface area contributed by atoms with Gasteiger partial charge in [0.25, 0.3) is 0 Å². The molecule has 0 amide bonds. The summed E-state index contributed by atoms with van der Waals surface area (Å²) in [6.07, 6.45) is 0. The number of hydrogen-bond donors (Lipinski definition) is 0. The van der Waals surface area contributed by atoms with Crippen LogP contribution in [0.5, 0.6) is 0 Å². The van der Waals surface area contributed by atoms with Gasteiger partial charge in [-0.15, -0.1) is 0 Å². The van der Waals surface area contributed by atoms with Crippen LogP contribution in [0.3, 0.4) is 0 Å². The van der Waals surface area contributed by atoms with E-state index in [0.29, 0.717) is 0 Å². The van der Waals surface area contributed by atoms with E-state index >= 15 is 8.78 Å². The molecule has 0 fully saturated rings. The van der Waals surface area contributed by atoms with Gasteiger partial charge in [0, 0.05) is 30.7 Å². The predicted octanol–water partition coefficient (Wildman–Crippen LogP) is 13.8. The van der Waals surface area contributed by atoms with Gasteiger partial charge in [-0.05, 0) is 109 Å². The zero-order chi connectivity index (χ0) is 33.9. The van der Waals surface area contributed by atoms with Crippen LogP contribution in [0, 0.1) is 25.5 Å². The minimum atomic E-state index is -0.312. The van der Waals surface area contributed by atoms with Crippen LogP contribution < -0.4 is 9.80 Å². The van der Waals surface area contributed by atoms with E-state index < -0.39 is 0 Å². The number of halogens is 2. The third kappa shape index (κ3) is 4.93. The van der Waals surface area contributed by atoms with Crippen LogP contribution in [0.25, 0.3) is 22.3 Å². The van der Waals surface area contributed by atoms with Crippen molar-refractivity contribution in [1.29, 1.82) is 0 Å². The molecule has 0 saturated carbocycles. The lowest BCUT2D eigenvalue weighted by Crippen LogP contribution is -2.22. The van der Waals surface area contributed by atoms with Gasteiger partial charge in [0.1, 0.15) is 11.6 Å². The minimum absolute atomic E-state index is 0.312. The third-order valence-corrected chi connectivity index (χ3v) is 11.7. The van der Waals surface area contributed by atoms with Crippen molar-refractivity contribution in [2.24, 2.45) is 0 Å². The maximum atomic E-state index is 15.2. The Morgan fingerprint density at radius 2 is 0.740 bits per heavy atom. The Labute approximate surface area is 299 Å². The normalized spacial score (nSPS) is 13.0. The molecule has 2 aliphatic heterocycles. The van der Waals surface area contributed by atoms with Gasteiger partial charge in [0.15, 0.2) is 0 Å². The highest BCUT2D eigenvalue weighted by Gasteiger charge is 2.35. The first-order chi connectivity index (χ1) is 24.5. The van der Waals surface area contributed by atoms with Crippen LogP contribution in [0.15, 0.2) is 165 Å². The summed E-state index contributed by atoms with van der Waals surface area (Å²) >= 11 is 3.51. The van der Waals surface area contributed by atoms with Gasteiger partial charge < -0.3 is 9.80 Å². The Morgan fingerprint density at radius 3 is 1.08 bits per heavy atom. The molecule has 50 heavy (non-hydrogen) atoms. The number of anilines is 6. The standard InChI is InChI=1S/C44H30F2N2S2/c1-27-41(29-13-11-15-31(45)25-29)43(47-33-17-3-7-21-37(33)49-38-22-8-4-18-34(38)47)28(2)44(42(27)30-14-12-16-32(46)26-30)48-35-19-5-9-23-39(35)50-40-24-10-6-20-36(40)48/h3-26H,1-2H3. The van der Waals surface area contributed by atoms with Gasteiger partial charge >= 0.3 is 0 Å². The van der Waals surface area contributed by atoms with Crippen molar-refractivity contribution in [2.75, 3.05) is 9.80 Å². The Kier molecular flexibility index (Phi) is 7.52. The molecular weight excluding hydrogens is 659 g/mol. The summed E-state index contributed by atoms with van der Waals surface area (Å²) < 4.78 is 30.5. The monoisotopic (exact) mass is 688 g/mol. The SMILES string of the molecule is Cc1c(-c2cccc(F)c2)c(N2c3ccccc3Sc3ccccc32)c(C)c(N2c3ccccc3Sc3ccccc32)c1-c1cccc(F)c1. The highest BCUT2D eigenvalue weighted by atomic mass is 32.2. The Bertz CT molecular complexity index is 2220. The van der Waals surface area contributed by atoms with Gasteiger partial charge in [0.05, 0.1) is 34.1 Å². The molecule has 9 rings (SSSR count). The molecule has 0 aliphatic carbocycles. The van der Waals surface area contributed by atoms with E-state index in [9.17, 15) is 0 Å². The first-order valence-corrected chi connectivity index (χ1v) is 18.1. The van der Waals surface area contributed by atoms with Crippen molar-refractivity contribution >= 4 is 57.6 Å². The van der Waals surface area contributed by atoms with Crippen LogP contribution in [-0.4, -0.2) is 0 Å². The second kappa shape index (κ2) is 12.2. The summed E-state index contributed by atoms with van der Waals surface area (Å²) in [4.78, 5) is 9.23. The number of benzene rings is 7. The molecule has 2 aliphatic rings. The molecule has 0 spiro atoms. The van der Waals surface area contributed by atoms with E-state index in [1.165, 1.54) is 12.1 Å². The topological polar surface area (TPSA) is 6.48 Å². The van der Waals surface area contributed by atoms with E-state index in [-0.39, 0.29) is 11.6 Å². The predicted molar refractivity (Wildman–Crippen MR) is 204 cm³/mol. The van der Waals surface area contributed by atoms with E-state index in [1.807, 2.05) is 12.1 Å². The molecule has 0 bridgehead atoms. The van der Waals surface area contributed by atoms with E-state index in [1.54, 1.807) is 47.8 Å². The smallest absolute Gasteiger partial charge is 0.123 e. The fraction of sp³-hybridized carbons (Fsp3) is 0.0455. The lowest BCUT2D eigenvalue weighted by Gasteiger charge is -2.40. The Balaban J connectivity index is 1.48. The molecule has 6 heteroatoms. The summed E-state index contributed by atoms with van der Waals surface area (Å²) in [5, 5.41) is 0. The average molecular weight is 689 g/mol. The maximum Gasteiger partial charge on any atom is 0.123 e. The summed E-state index contributed by atoms with van der Waals surface area (Å²) in [5.41, 5.74) is 11.3. The van der Waals surface area contributed by atoms with Gasteiger partial charge in [-0.25, -0.2) is 8.78 Å². The van der Waals surface area contributed by atoms with Crippen LogP contribution in [0.2, 0.25) is 0 Å². The number of rotatable bonds is 4. The second-order valence-electron chi connectivity index (χ2n) is 12.5. The van der Waals surface area contributed by atoms with Crippen molar-refractivity contribution in [2.45, 2.75) is 33.4 Å². The molecule has 0 N–H and O–H groups in total. The highest BCUT2D eigenvalue weighted by molar-refractivity contribution is 8.00. The maximum absolute atomic E-state index is 15.2. The van der Waals surface area contributed by atoms with E-state index in [2.05, 4.69) is 121 Å². The van der Waals surface area contributed by atoms with Gasteiger partial charge in [-0.1, -0.05) is 96.3 Å². The highest BCUT2D eigenvalue weighted by Crippen LogP contribution is 2.60. The van der Waals surface area contributed by atoms with Crippen molar-refractivity contribution in [1.82, 2.24) is 0 Å². The van der Waals surface area contributed by atoms with Crippen molar-refractivity contribution in [3.63, 3.8) is 0 Å². The van der Waals surface area contributed by atoms with Crippen LogP contribution in [0.4, 0.5) is 42.9 Å². The summed E-state index contributed by atoms with van der Waals surface area (Å²) in [6, 6.07) is 47.5. The van der Waals surface area contributed by atoms with Crippen LogP contribution in [0.1, 0.15) is 11.1 Å². The number of nitrogens with zero attached hydrogens (tertiary/aromatic N) is 2. The molecule has 0 radical (unpaired) electrons.